The average Bonchev–Trinajstić information content (AvgIpc) is 3.47. The van der Waals surface area contributed by atoms with Gasteiger partial charge in [0.25, 0.3) is 0 Å². The summed E-state index contributed by atoms with van der Waals surface area (Å²) >= 11 is 0. The lowest BCUT2D eigenvalue weighted by Crippen LogP contribution is -2.61. The Bertz CT molecular complexity index is 1090. The van der Waals surface area contributed by atoms with Gasteiger partial charge in [0.1, 0.15) is 16.3 Å². The number of aromatic nitrogens is 2. The van der Waals surface area contributed by atoms with Crippen LogP contribution in [-0.4, -0.2) is 70.5 Å². The van der Waals surface area contributed by atoms with Crippen LogP contribution in [0.5, 0.6) is 0 Å². The molecule has 34 heavy (non-hydrogen) atoms. The molecule has 3 fully saturated rings. The maximum Gasteiger partial charge on any atom is 0.227 e. The zero-order valence-corrected chi connectivity index (χ0v) is 20.6. The molecule has 1 aromatic heterocycles. The standard InChI is InChI=1S/C25H33N5O3S/c1-33-25(18-5-7-19(8-6-18)29-12-2-3-13-29)15-30(16-25)23-26-20-9-14-34(32)21(20)22(27-23)28-24(17-31)10-4-11-24/h5-8,31H,2-4,9-17H2,1H3,(H,26,27,28)/t34-/m1/s1. The van der Waals surface area contributed by atoms with Crippen LogP contribution in [-0.2, 0) is 27.6 Å². The number of nitrogens with zero attached hydrogens (tertiary/aromatic N) is 4. The summed E-state index contributed by atoms with van der Waals surface area (Å²) in [6.07, 6.45) is 6.10. The van der Waals surface area contributed by atoms with Gasteiger partial charge in [0.05, 0.1) is 41.7 Å². The van der Waals surface area contributed by atoms with Gasteiger partial charge in [-0.3, -0.25) is 4.21 Å². The highest BCUT2D eigenvalue weighted by atomic mass is 32.2. The van der Waals surface area contributed by atoms with Gasteiger partial charge in [-0.25, -0.2) is 4.98 Å². The van der Waals surface area contributed by atoms with E-state index in [1.54, 1.807) is 7.11 Å². The maximum atomic E-state index is 12.7. The first kappa shape index (κ1) is 22.2. The number of methoxy groups -OCH3 is 1. The number of ether oxygens (including phenoxy) is 1. The van der Waals surface area contributed by atoms with E-state index in [0.29, 0.717) is 37.0 Å². The molecule has 1 atom stereocenters. The van der Waals surface area contributed by atoms with Crippen LogP contribution in [0, 0.1) is 0 Å². The van der Waals surface area contributed by atoms with E-state index in [-0.39, 0.29) is 17.7 Å². The monoisotopic (exact) mass is 483 g/mol. The number of anilines is 3. The molecule has 0 radical (unpaired) electrons. The zero-order valence-electron chi connectivity index (χ0n) is 19.8. The Labute approximate surface area is 203 Å². The molecule has 1 aromatic carbocycles. The summed E-state index contributed by atoms with van der Waals surface area (Å²) < 4.78 is 18.7. The summed E-state index contributed by atoms with van der Waals surface area (Å²) in [6, 6.07) is 8.80. The van der Waals surface area contributed by atoms with E-state index in [1.165, 1.54) is 24.1 Å². The van der Waals surface area contributed by atoms with Crippen molar-refractivity contribution in [1.82, 2.24) is 9.97 Å². The van der Waals surface area contributed by atoms with E-state index in [4.69, 9.17) is 14.7 Å². The summed E-state index contributed by atoms with van der Waals surface area (Å²) in [5.41, 5.74) is 2.58. The van der Waals surface area contributed by atoms with Gasteiger partial charge < -0.3 is 25.0 Å². The second-order valence-corrected chi connectivity index (χ2v) is 11.7. The number of fused-ring (bicyclic) bond motifs is 1. The van der Waals surface area contributed by atoms with Crippen LogP contribution >= 0.6 is 0 Å². The van der Waals surface area contributed by atoms with Crippen LogP contribution < -0.4 is 15.1 Å². The van der Waals surface area contributed by atoms with E-state index in [1.807, 2.05) is 0 Å². The number of benzene rings is 1. The Kier molecular flexibility index (Phi) is 5.54. The van der Waals surface area contributed by atoms with E-state index in [2.05, 4.69) is 39.4 Å². The van der Waals surface area contributed by atoms with E-state index in [9.17, 15) is 9.32 Å². The SMILES string of the molecule is COC1(c2ccc(N3CCCC3)cc2)CN(c2nc3c(c(NC4(CO)CCC4)n2)[S@](=O)CC3)C1. The minimum atomic E-state index is -1.10. The van der Waals surface area contributed by atoms with Crippen molar-refractivity contribution in [2.24, 2.45) is 0 Å². The smallest absolute Gasteiger partial charge is 0.227 e. The van der Waals surface area contributed by atoms with E-state index < -0.39 is 10.8 Å². The Morgan fingerprint density at radius 2 is 1.82 bits per heavy atom. The molecule has 0 unspecified atom stereocenters. The predicted molar refractivity (Wildman–Crippen MR) is 133 cm³/mol. The van der Waals surface area contributed by atoms with Crippen molar-refractivity contribution in [2.45, 2.75) is 54.6 Å². The number of aliphatic hydroxyl groups is 1. The Morgan fingerprint density at radius 3 is 2.44 bits per heavy atom. The lowest BCUT2D eigenvalue weighted by molar-refractivity contribution is -0.0390. The largest absolute Gasteiger partial charge is 0.394 e. The lowest BCUT2D eigenvalue weighted by Gasteiger charge is -2.49. The highest BCUT2D eigenvalue weighted by molar-refractivity contribution is 7.85. The molecule has 182 valence electrons. The van der Waals surface area contributed by atoms with Gasteiger partial charge >= 0.3 is 0 Å². The molecule has 0 bridgehead atoms. The Balaban J connectivity index is 1.24. The molecule has 3 aliphatic heterocycles. The number of aryl methyl sites for hydroxylation is 1. The van der Waals surface area contributed by atoms with Crippen molar-refractivity contribution in [3.63, 3.8) is 0 Å². The molecule has 2 saturated heterocycles. The lowest BCUT2D eigenvalue weighted by atomic mass is 9.77. The highest BCUT2D eigenvalue weighted by Gasteiger charge is 2.47. The third-order valence-electron chi connectivity index (χ3n) is 8.10. The first-order valence-corrected chi connectivity index (χ1v) is 13.7. The summed E-state index contributed by atoms with van der Waals surface area (Å²) in [5, 5.41) is 13.4. The van der Waals surface area contributed by atoms with Crippen LogP contribution in [0.25, 0.3) is 0 Å². The van der Waals surface area contributed by atoms with E-state index in [0.717, 1.165) is 42.9 Å². The number of hydrogen-bond donors (Lipinski definition) is 2. The van der Waals surface area contributed by atoms with Crippen molar-refractivity contribution in [3.8, 4) is 0 Å². The first-order chi connectivity index (χ1) is 16.5. The highest BCUT2D eigenvalue weighted by Crippen LogP contribution is 2.41. The van der Waals surface area contributed by atoms with Gasteiger partial charge in [0.2, 0.25) is 5.95 Å². The molecule has 2 aromatic rings. The third kappa shape index (κ3) is 3.60. The number of aliphatic hydroxyl groups excluding tert-OH is 1. The Morgan fingerprint density at radius 1 is 1.09 bits per heavy atom. The average molecular weight is 484 g/mol. The van der Waals surface area contributed by atoms with Crippen molar-refractivity contribution in [1.29, 1.82) is 0 Å². The summed E-state index contributed by atoms with van der Waals surface area (Å²) in [6.45, 7) is 3.66. The predicted octanol–water partition coefficient (Wildman–Crippen LogP) is 2.43. The van der Waals surface area contributed by atoms with Crippen molar-refractivity contribution in [2.75, 3.05) is 60.8 Å². The molecule has 0 amide bonds. The van der Waals surface area contributed by atoms with Gasteiger partial charge in [-0.2, -0.15) is 4.98 Å². The first-order valence-electron chi connectivity index (χ1n) is 12.4. The molecule has 4 heterocycles. The molecule has 9 heteroatoms. The van der Waals surface area contributed by atoms with Crippen LogP contribution in [0.1, 0.15) is 43.4 Å². The summed E-state index contributed by atoms with van der Waals surface area (Å²) in [4.78, 5) is 14.9. The van der Waals surface area contributed by atoms with E-state index >= 15 is 0 Å². The van der Waals surface area contributed by atoms with Crippen LogP contribution in [0.2, 0.25) is 0 Å². The van der Waals surface area contributed by atoms with Crippen molar-refractivity contribution in [3.05, 3.63) is 35.5 Å². The molecule has 2 N–H and O–H groups in total. The minimum Gasteiger partial charge on any atom is -0.394 e. The fraction of sp³-hybridized carbons (Fsp3) is 0.600. The molecule has 6 rings (SSSR count). The number of rotatable bonds is 7. The van der Waals surface area contributed by atoms with Gasteiger partial charge in [0.15, 0.2) is 0 Å². The number of nitrogens with one attached hydrogen (secondary N) is 1. The second kappa shape index (κ2) is 8.46. The molecular formula is C25H33N5O3S. The fourth-order valence-corrected chi connectivity index (χ4v) is 6.99. The molecular weight excluding hydrogens is 450 g/mol. The quantitative estimate of drug-likeness (QED) is 0.621. The van der Waals surface area contributed by atoms with Crippen LogP contribution in [0.4, 0.5) is 17.5 Å². The maximum absolute atomic E-state index is 12.7. The fourth-order valence-electron chi connectivity index (χ4n) is 5.68. The summed E-state index contributed by atoms with van der Waals surface area (Å²) in [5.74, 6) is 1.86. The van der Waals surface area contributed by atoms with Crippen LogP contribution in [0.3, 0.4) is 0 Å². The molecule has 1 aliphatic carbocycles. The molecule has 8 nitrogen and oxygen atoms in total. The second-order valence-electron chi connectivity index (χ2n) is 10.2. The molecule has 4 aliphatic rings. The topological polar surface area (TPSA) is 90.8 Å². The molecule has 0 spiro atoms. The zero-order chi connectivity index (χ0) is 23.3. The minimum absolute atomic E-state index is 0.0532. The normalized spacial score (nSPS) is 24.5. The van der Waals surface area contributed by atoms with Gasteiger partial charge in [-0.05, 0) is 49.8 Å². The Hall–Kier alpha value is -2.23. The van der Waals surface area contributed by atoms with Crippen molar-refractivity contribution < 1.29 is 14.1 Å². The molecule has 1 saturated carbocycles. The van der Waals surface area contributed by atoms with Crippen molar-refractivity contribution >= 4 is 28.3 Å². The number of hydrogen-bond acceptors (Lipinski definition) is 8. The van der Waals surface area contributed by atoms with Gasteiger partial charge in [-0.1, -0.05) is 12.1 Å². The van der Waals surface area contributed by atoms with Crippen LogP contribution in [0.15, 0.2) is 29.2 Å². The van der Waals surface area contributed by atoms with Gasteiger partial charge in [-0.15, -0.1) is 0 Å². The third-order valence-corrected chi connectivity index (χ3v) is 9.56. The summed E-state index contributed by atoms with van der Waals surface area (Å²) in [7, 11) is 0.675. The van der Waals surface area contributed by atoms with Gasteiger partial charge in [0, 0.05) is 38.1 Å².